The highest BCUT2D eigenvalue weighted by Crippen LogP contribution is 2.34. The van der Waals surface area contributed by atoms with Crippen molar-refractivity contribution >= 4 is 17.1 Å². The van der Waals surface area contributed by atoms with Crippen molar-refractivity contribution in [3.63, 3.8) is 0 Å². The minimum absolute atomic E-state index is 0.0988. The second-order valence-corrected chi connectivity index (χ2v) is 4.77. The summed E-state index contributed by atoms with van der Waals surface area (Å²) in [5, 5.41) is 18.5. The Morgan fingerprint density at radius 3 is 2.45 bits per heavy atom. The quantitative estimate of drug-likeness (QED) is 0.804. The van der Waals surface area contributed by atoms with Crippen LogP contribution in [0.25, 0.3) is 5.57 Å². The van der Waals surface area contributed by atoms with Crippen molar-refractivity contribution in [2.24, 2.45) is 0 Å². The fourth-order valence-electron chi connectivity index (χ4n) is 2.40. The van der Waals surface area contributed by atoms with Crippen molar-refractivity contribution < 1.29 is 14.6 Å². The summed E-state index contributed by atoms with van der Waals surface area (Å²) >= 11 is 0. The molecule has 1 aliphatic rings. The Bertz CT molecular complexity index is 715. The summed E-state index contributed by atoms with van der Waals surface area (Å²) in [5.41, 5.74) is 1.10. The maximum absolute atomic E-state index is 10.2. The SMILES string of the molecule is COc1cc(OC)cc(N2CC(O)=C(c3ncc[nH]3)C2=N)c1. The van der Waals surface area contributed by atoms with Crippen LogP contribution < -0.4 is 14.4 Å². The molecule has 0 unspecified atom stereocenters. The van der Waals surface area contributed by atoms with Gasteiger partial charge in [0.05, 0.1) is 32.0 Å². The highest BCUT2D eigenvalue weighted by Gasteiger charge is 2.31. The van der Waals surface area contributed by atoms with Gasteiger partial charge in [0.25, 0.3) is 0 Å². The van der Waals surface area contributed by atoms with Gasteiger partial charge >= 0.3 is 0 Å². The average molecular weight is 300 g/mol. The van der Waals surface area contributed by atoms with Crippen LogP contribution in [0.2, 0.25) is 0 Å². The fourth-order valence-corrected chi connectivity index (χ4v) is 2.40. The molecule has 1 aromatic heterocycles. The molecule has 22 heavy (non-hydrogen) atoms. The molecule has 2 aromatic rings. The largest absolute Gasteiger partial charge is 0.509 e. The number of benzene rings is 1. The average Bonchev–Trinajstić information content (AvgIpc) is 3.14. The van der Waals surface area contributed by atoms with Crippen LogP contribution in [0.15, 0.2) is 36.4 Å². The molecule has 0 saturated heterocycles. The third-order valence-electron chi connectivity index (χ3n) is 3.49. The van der Waals surface area contributed by atoms with E-state index >= 15 is 0 Å². The normalized spacial score (nSPS) is 14.6. The zero-order chi connectivity index (χ0) is 15.7. The van der Waals surface area contributed by atoms with Gasteiger partial charge in [-0.15, -0.1) is 0 Å². The van der Waals surface area contributed by atoms with Crippen LogP contribution in [0.3, 0.4) is 0 Å². The van der Waals surface area contributed by atoms with Crippen molar-refractivity contribution in [3.05, 3.63) is 42.2 Å². The number of ether oxygens (including phenoxy) is 2. The number of hydrogen-bond donors (Lipinski definition) is 3. The summed E-state index contributed by atoms with van der Waals surface area (Å²) in [6.07, 6.45) is 3.24. The van der Waals surface area contributed by atoms with E-state index in [9.17, 15) is 5.11 Å². The first-order chi connectivity index (χ1) is 10.6. The molecule has 1 aliphatic heterocycles. The molecule has 0 bridgehead atoms. The second-order valence-electron chi connectivity index (χ2n) is 4.77. The Morgan fingerprint density at radius 1 is 1.23 bits per heavy atom. The summed E-state index contributed by atoms with van der Waals surface area (Å²) in [7, 11) is 3.13. The number of nitrogens with one attached hydrogen (secondary N) is 2. The first-order valence-electron chi connectivity index (χ1n) is 6.65. The standard InChI is InChI=1S/C15H16N4O3/c1-21-10-5-9(6-11(7-10)22-2)19-8-12(20)13(14(19)16)15-17-3-4-18-15/h3-7,16,20H,8H2,1-2H3,(H,17,18). The van der Waals surface area contributed by atoms with Gasteiger partial charge in [-0.1, -0.05) is 0 Å². The Hall–Kier alpha value is -2.96. The number of hydrogen-bond acceptors (Lipinski definition) is 5. The van der Waals surface area contributed by atoms with Crippen LogP contribution in [-0.2, 0) is 0 Å². The molecule has 0 fully saturated rings. The predicted octanol–water partition coefficient (Wildman–Crippen LogP) is 2.19. The minimum Gasteiger partial charge on any atom is -0.509 e. The maximum atomic E-state index is 10.2. The number of aliphatic hydroxyl groups is 1. The predicted molar refractivity (Wildman–Crippen MR) is 82.8 cm³/mol. The summed E-state index contributed by atoms with van der Waals surface area (Å²) in [5.74, 6) is 1.98. The van der Waals surface area contributed by atoms with E-state index in [0.717, 1.165) is 0 Å². The third-order valence-corrected chi connectivity index (χ3v) is 3.49. The Balaban J connectivity index is 1.97. The summed E-state index contributed by atoms with van der Waals surface area (Å²) in [4.78, 5) is 8.68. The number of methoxy groups -OCH3 is 2. The number of imidazole rings is 1. The number of rotatable bonds is 4. The molecule has 0 amide bonds. The maximum Gasteiger partial charge on any atom is 0.144 e. The number of anilines is 1. The van der Waals surface area contributed by atoms with Gasteiger partial charge in [0.1, 0.15) is 28.9 Å². The van der Waals surface area contributed by atoms with Gasteiger partial charge in [-0.25, -0.2) is 4.98 Å². The number of amidine groups is 1. The van der Waals surface area contributed by atoms with Crippen LogP contribution in [0.1, 0.15) is 5.82 Å². The molecular weight excluding hydrogens is 284 g/mol. The molecule has 0 spiro atoms. The third kappa shape index (κ3) is 2.26. The van der Waals surface area contributed by atoms with E-state index in [0.29, 0.717) is 28.6 Å². The molecule has 3 rings (SSSR count). The molecule has 7 heteroatoms. The van der Waals surface area contributed by atoms with E-state index in [1.807, 2.05) is 0 Å². The lowest BCUT2D eigenvalue weighted by Crippen LogP contribution is -2.26. The van der Waals surface area contributed by atoms with E-state index in [2.05, 4.69) is 9.97 Å². The highest BCUT2D eigenvalue weighted by molar-refractivity contribution is 6.30. The smallest absolute Gasteiger partial charge is 0.144 e. The van der Waals surface area contributed by atoms with E-state index in [-0.39, 0.29) is 18.1 Å². The molecule has 2 heterocycles. The van der Waals surface area contributed by atoms with E-state index in [4.69, 9.17) is 14.9 Å². The lowest BCUT2D eigenvalue weighted by Gasteiger charge is -2.20. The van der Waals surface area contributed by atoms with Crippen LogP contribution in [0.4, 0.5) is 5.69 Å². The van der Waals surface area contributed by atoms with Crippen molar-refractivity contribution in [2.75, 3.05) is 25.7 Å². The van der Waals surface area contributed by atoms with Crippen molar-refractivity contribution in [1.29, 1.82) is 5.41 Å². The lowest BCUT2D eigenvalue weighted by atomic mass is 10.2. The summed E-state index contributed by atoms with van der Waals surface area (Å²) in [6, 6.07) is 5.33. The summed E-state index contributed by atoms with van der Waals surface area (Å²) < 4.78 is 10.5. The molecule has 7 nitrogen and oxygen atoms in total. The van der Waals surface area contributed by atoms with Gasteiger partial charge in [0, 0.05) is 30.6 Å². The van der Waals surface area contributed by atoms with Crippen molar-refractivity contribution in [3.8, 4) is 11.5 Å². The Kier molecular flexibility index (Phi) is 3.46. The van der Waals surface area contributed by atoms with Crippen LogP contribution >= 0.6 is 0 Å². The second kappa shape index (κ2) is 5.44. The van der Waals surface area contributed by atoms with E-state index in [1.54, 1.807) is 49.7 Å². The van der Waals surface area contributed by atoms with Gasteiger partial charge in [0.2, 0.25) is 0 Å². The lowest BCUT2D eigenvalue weighted by molar-refractivity contribution is 0.394. The zero-order valence-electron chi connectivity index (χ0n) is 12.3. The Labute approximate surface area is 127 Å². The van der Waals surface area contributed by atoms with Gasteiger partial charge in [-0.2, -0.15) is 0 Å². The first kappa shape index (κ1) is 14.0. The molecule has 0 atom stereocenters. The van der Waals surface area contributed by atoms with Crippen molar-refractivity contribution in [2.45, 2.75) is 0 Å². The topological polar surface area (TPSA) is 94.5 Å². The van der Waals surface area contributed by atoms with Crippen LogP contribution in [-0.4, -0.2) is 41.7 Å². The number of aromatic amines is 1. The van der Waals surface area contributed by atoms with E-state index < -0.39 is 0 Å². The molecule has 114 valence electrons. The molecule has 0 saturated carbocycles. The van der Waals surface area contributed by atoms with Gasteiger partial charge in [-0.05, 0) is 0 Å². The van der Waals surface area contributed by atoms with E-state index in [1.165, 1.54) is 0 Å². The Morgan fingerprint density at radius 2 is 1.91 bits per heavy atom. The number of aliphatic hydroxyl groups excluding tert-OH is 1. The zero-order valence-corrected chi connectivity index (χ0v) is 12.3. The molecule has 0 aliphatic carbocycles. The summed E-state index contributed by atoms with van der Waals surface area (Å²) in [6.45, 7) is 0.200. The number of nitrogens with zero attached hydrogens (tertiary/aromatic N) is 2. The van der Waals surface area contributed by atoms with Crippen LogP contribution in [0.5, 0.6) is 11.5 Å². The monoisotopic (exact) mass is 300 g/mol. The molecule has 3 N–H and O–H groups in total. The first-order valence-corrected chi connectivity index (χ1v) is 6.65. The van der Waals surface area contributed by atoms with Crippen LogP contribution in [0, 0.1) is 5.41 Å². The van der Waals surface area contributed by atoms with Gasteiger partial charge in [0.15, 0.2) is 0 Å². The molecule has 1 aromatic carbocycles. The fraction of sp³-hybridized carbons (Fsp3) is 0.200. The molecule has 0 radical (unpaired) electrons. The number of aromatic nitrogens is 2. The number of H-pyrrole nitrogens is 1. The van der Waals surface area contributed by atoms with Crippen molar-refractivity contribution in [1.82, 2.24) is 9.97 Å². The highest BCUT2D eigenvalue weighted by atomic mass is 16.5. The minimum atomic E-state index is 0.0988. The molecular formula is C15H16N4O3. The van der Waals surface area contributed by atoms with Gasteiger partial charge in [-0.3, -0.25) is 5.41 Å². The van der Waals surface area contributed by atoms with Gasteiger partial charge < -0.3 is 24.5 Å².